The zero-order chi connectivity index (χ0) is 20.5. The first-order valence-electron chi connectivity index (χ1n) is 7.88. The van der Waals surface area contributed by atoms with Gasteiger partial charge in [-0.15, -0.1) is 0 Å². The normalized spacial score (nSPS) is 9.21. The third kappa shape index (κ3) is 4.37. The number of hydrogen-bond acceptors (Lipinski definition) is 7. The van der Waals surface area contributed by atoms with Crippen molar-refractivity contribution in [2.75, 3.05) is 12.4 Å². The Balaban J connectivity index is 2.51. The van der Waals surface area contributed by atoms with Gasteiger partial charge >= 0.3 is 5.97 Å². The average Bonchev–Trinajstić information content (AvgIpc) is 2.72. The second-order valence-corrected chi connectivity index (χ2v) is 5.31. The summed E-state index contributed by atoms with van der Waals surface area (Å²) in [4.78, 5) is 11.6. The maximum atomic E-state index is 11.6. The molecule has 0 fully saturated rings. The monoisotopic (exact) mass is 374 g/mol. The maximum Gasteiger partial charge on any atom is 0.337 e. The number of carboxylic acid groups (broad SMARTS) is 1. The molecule has 138 valence electrons. The lowest BCUT2D eigenvalue weighted by Crippen LogP contribution is -2.10. The Bertz CT molecular complexity index is 1020. The highest BCUT2D eigenvalue weighted by Crippen LogP contribution is 2.39. The molecule has 0 heterocycles. The first-order valence-corrected chi connectivity index (χ1v) is 7.88. The highest BCUT2D eigenvalue weighted by atomic mass is 16.5. The molecule has 2 aromatic rings. The molecule has 0 radical (unpaired) electrons. The molecule has 8 heteroatoms. The van der Waals surface area contributed by atoms with Gasteiger partial charge in [-0.25, -0.2) is 4.79 Å². The molecule has 0 atom stereocenters. The molecule has 2 aromatic carbocycles. The average molecular weight is 374 g/mol. The number of benzene rings is 2. The Labute approximate surface area is 161 Å². The van der Waals surface area contributed by atoms with Crippen molar-refractivity contribution in [2.45, 2.75) is 6.61 Å². The van der Waals surface area contributed by atoms with Crippen LogP contribution in [0, 0.1) is 34.0 Å². The summed E-state index contributed by atoms with van der Waals surface area (Å²) in [6.07, 6.45) is 0. The lowest BCUT2D eigenvalue weighted by molar-refractivity contribution is 0.0697. The van der Waals surface area contributed by atoms with Crippen LogP contribution in [0.3, 0.4) is 0 Å². The minimum absolute atomic E-state index is 0.0267. The molecule has 28 heavy (non-hydrogen) atoms. The van der Waals surface area contributed by atoms with Crippen molar-refractivity contribution >= 4 is 11.7 Å². The highest BCUT2D eigenvalue weighted by molar-refractivity contribution is 5.97. The molecule has 0 amide bonds. The Morgan fingerprint density at radius 2 is 1.75 bits per heavy atom. The van der Waals surface area contributed by atoms with E-state index in [4.69, 9.17) is 20.0 Å². The minimum atomic E-state index is -1.29. The van der Waals surface area contributed by atoms with E-state index < -0.39 is 17.2 Å². The van der Waals surface area contributed by atoms with Crippen LogP contribution in [0.15, 0.2) is 53.7 Å². The Kier molecular flexibility index (Phi) is 6.58. The molecular formula is C20H14N4O4. The van der Waals surface area contributed by atoms with Crippen LogP contribution in [0.25, 0.3) is 0 Å². The number of allylic oxidation sites excluding steroid dienone is 2. The van der Waals surface area contributed by atoms with E-state index in [1.165, 1.54) is 19.2 Å². The second-order valence-electron chi connectivity index (χ2n) is 5.31. The summed E-state index contributed by atoms with van der Waals surface area (Å²) in [5, 5.41) is 39.2. The van der Waals surface area contributed by atoms with Crippen molar-refractivity contribution in [3.05, 3.63) is 64.9 Å². The molecule has 0 saturated carbocycles. The molecule has 0 aliphatic heterocycles. The molecular weight excluding hydrogens is 360 g/mol. The van der Waals surface area contributed by atoms with Crippen molar-refractivity contribution in [3.8, 4) is 29.7 Å². The first-order chi connectivity index (χ1) is 13.5. The van der Waals surface area contributed by atoms with Crippen LogP contribution < -0.4 is 14.8 Å². The van der Waals surface area contributed by atoms with E-state index >= 15 is 0 Å². The van der Waals surface area contributed by atoms with Crippen LogP contribution in [0.2, 0.25) is 0 Å². The fourth-order valence-corrected chi connectivity index (χ4v) is 2.33. The van der Waals surface area contributed by atoms with Crippen molar-refractivity contribution < 1.29 is 19.4 Å². The largest absolute Gasteiger partial charge is 0.491 e. The third-order valence-corrected chi connectivity index (χ3v) is 3.63. The zero-order valence-corrected chi connectivity index (χ0v) is 14.8. The van der Waals surface area contributed by atoms with Crippen molar-refractivity contribution in [2.24, 2.45) is 0 Å². The van der Waals surface area contributed by atoms with Gasteiger partial charge in [0.15, 0.2) is 17.1 Å². The van der Waals surface area contributed by atoms with Crippen LogP contribution in [0.1, 0.15) is 15.9 Å². The predicted molar refractivity (Wildman–Crippen MR) is 98.2 cm³/mol. The molecule has 0 saturated heterocycles. The van der Waals surface area contributed by atoms with Crippen LogP contribution in [0.5, 0.6) is 11.5 Å². The number of carbonyl (C=O) groups is 1. The van der Waals surface area contributed by atoms with Crippen LogP contribution in [-0.2, 0) is 6.61 Å². The SMILES string of the molecule is COc1c(OCc2ccccc2)ccc(C(=O)O)c1NC(C#N)=C(C#N)C#N. The van der Waals surface area contributed by atoms with E-state index in [0.717, 1.165) is 5.56 Å². The summed E-state index contributed by atoms with van der Waals surface area (Å²) in [6.45, 7) is 0.200. The molecule has 8 nitrogen and oxygen atoms in total. The molecule has 0 aliphatic carbocycles. The van der Waals surface area contributed by atoms with Gasteiger partial charge in [-0.2, -0.15) is 15.8 Å². The number of rotatable bonds is 7. The van der Waals surface area contributed by atoms with E-state index in [9.17, 15) is 15.2 Å². The summed E-state index contributed by atoms with van der Waals surface area (Å²) in [7, 11) is 1.31. The smallest absolute Gasteiger partial charge is 0.337 e. The summed E-state index contributed by atoms with van der Waals surface area (Å²) in [5.41, 5.74) is -0.315. The second kappa shape index (κ2) is 9.28. The van der Waals surface area contributed by atoms with Gasteiger partial charge in [0.25, 0.3) is 0 Å². The number of aromatic carboxylic acids is 1. The van der Waals surface area contributed by atoms with Gasteiger partial charge < -0.3 is 19.9 Å². The molecule has 2 rings (SSSR count). The molecule has 0 bridgehead atoms. The Morgan fingerprint density at radius 3 is 2.29 bits per heavy atom. The van der Waals surface area contributed by atoms with Crippen LogP contribution >= 0.6 is 0 Å². The Hall–Kier alpha value is -4.48. The molecule has 0 aliphatic rings. The van der Waals surface area contributed by atoms with Gasteiger partial charge in [0, 0.05) is 0 Å². The summed E-state index contributed by atoms with van der Waals surface area (Å²) in [5.74, 6) is -1.03. The van der Waals surface area contributed by atoms with E-state index in [1.807, 2.05) is 30.3 Å². The van der Waals surface area contributed by atoms with E-state index in [0.29, 0.717) is 0 Å². The number of nitrogens with zero attached hydrogens (tertiary/aromatic N) is 3. The van der Waals surface area contributed by atoms with Gasteiger partial charge in [0.05, 0.1) is 12.7 Å². The number of nitriles is 3. The fourth-order valence-electron chi connectivity index (χ4n) is 2.33. The number of ether oxygens (including phenoxy) is 2. The standard InChI is InChI=1S/C20H14N4O4/c1-27-19-17(28-12-13-5-3-2-4-6-13)8-7-15(20(25)26)18(19)24-16(11-23)14(9-21)10-22/h2-8,24H,12H2,1H3,(H,25,26). The number of anilines is 1. The minimum Gasteiger partial charge on any atom is -0.491 e. The lowest BCUT2D eigenvalue weighted by Gasteiger charge is -2.17. The molecule has 0 aromatic heterocycles. The van der Waals surface area contributed by atoms with E-state index in [-0.39, 0.29) is 29.4 Å². The molecule has 2 N–H and O–H groups in total. The number of hydrogen-bond donors (Lipinski definition) is 2. The van der Waals surface area contributed by atoms with E-state index in [2.05, 4.69) is 5.32 Å². The third-order valence-electron chi connectivity index (χ3n) is 3.63. The summed E-state index contributed by atoms with van der Waals surface area (Å²) < 4.78 is 11.0. The summed E-state index contributed by atoms with van der Waals surface area (Å²) >= 11 is 0. The van der Waals surface area contributed by atoms with Gasteiger partial charge in [0.1, 0.15) is 36.2 Å². The van der Waals surface area contributed by atoms with Gasteiger partial charge in [0.2, 0.25) is 0 Å². The van der Waals surface area contributed by atoms with Crippen LogP contribution in [-0.4, -0.2) is 18.2 Å². The number of nitrogens with one attached hydrogen (secondary N) is 1. The molecule has 0 unspecified atom stereocenters. The van der Waals surface area contributed by atoms with Crippen molar-refractivity contribution in [1.82, 2.24) is 0 Å². The lowest BCUT2D eigenvalue weighted by atomic mass is 10.1. The van der Waals surface area contributed by atoms with Gasteiger partial charge in [-0.05, 0) is 17.7 Å². The predicted octanol–water partition coefficient (Wildman–Crippen LogP) is 3.21. The van der Waals surface area contributed by atoms with E-state index in [1.54, 1.807) is 18.2 Å². The zero-order valence-electron chi connectivity index (χ0n) is 14.8. The van der Waals surface area contributed by atoms with Crippen molar-refractivity contribution in [3.63, 3.8) is 0 Å². The number of methoxy groups -OCH3 is 1. The fraction of sp³-hybridized carbons (Fsp3) is 0.100. The van der Waals surface area contributed by atoms with Crippen LogP contribution in [0.4, 0.5) is 5.69 Å². The van der Waals surface area contributed by atoms with Crippen molar-refractivity contribution in [1.29, 1.82) is 15.8 Å². The molecule has 0 spiro atoms. The Morgan fingerprint density at radius 1 is 1.07 bits per heavy atom. The maximum absolute atomic E-state index is 11.6. The summed E-state index contributed by atoms with van der Waals surface area (Å²) in [6, 6.07) is 16.9. The number of carboxylic acids is 1. The topological polar surface area (TPSA) is 139 Å². The first kappa shape index (κ1) is 19.8. The quantitative estimate of drug-likeness (QED) is 0.704. The van der Waals surface area contributed by atoms with Gasteiger partial charge in [-0.1, -0.05) is 30.3 Å². The van der Waals surface area contributed by atoms with Gasteiger partial charge in [-0.3, -0.25) is 0 Å². The highest BCUT2D eigenvalue weighted by Gasteiger charge is 2.22.